The number of nitrogens with one attached hydrogen (secondary N) is 6. The molecule has 1 aliphatic carbocycles. The average Bonchev–Trinajstić information content (AvgIpc) is 4.12. The van der Waals surface area contributed by atoms with Gasteiger partial charge in [-0.25, -0.2) is 32.1 Å². The Morgan fingerprint density at radius 3 is 2.40 bits per heavy atom. The van der Waals surface area contributed by atoms with Crippen molar-refractivity contribution >= 4 is 46.8 Å². The maximum atomic E-state index is 15.6. The summed E-state index contributed by atoms with van der Waals surface area (Å²) < 4.78 is 131. The molecule has 2 fully saturated rings. The molecule has 28 heteroatoms. The van der Waals surface area contributed by atoms with E-state index < -0.39 is 73.7 Å². The van der Waals surface area contributed by atoms with E-state index in [2.05, 4.69) is 46.5 Å². The molecule has 0 aromatic carbocycles. The van der Waals surface area contributed by atoms with Crippen molar-refractivity contribution in [1.29, 1.82) is 0 Å². The number of anilines is 4. The third kappa shape index (κ3) is 10.6. The summed E-state index contributed by atoms with van der Waals surface area (Å²) in [6.45, 7) is 5.58. The molecule has 366 valence electrons. The fourth-order valence-electron chi connectivity index (χ4n) is 7.63. The molecule has 21 nitrogen and oxygen atoms in total. The van der Waals surface area contributed by atoms with E-state index in [0.717, 1.165) is 10.7 Å². The van der Waals surface area contributed by atoms with Crippen molar-refractivity contribution in [1.82, 2.24) is 55.1 Å². The minimum absolute atomic E-state index is 0.00767. The van der Waals surface area contributed by atoms with Gasteiger partial charge in [0.25, 0.3) is 11.9 Å². The summed E-state index contributed by atoms with van der Waals surface area (Å²) in [5, 5.41) is 25.4. The van der Waals surface area contributed by atoms with E-state index in [4.69, 9.17) is 33.8 Å². The van der Waals surface area contributed by atoms with Crippen molar-refractivity contribution in [3.63, 3.8) is 0 Å². The van der Waals surface area contributed by atoms with Gasteiger partial charge >= 0.3 is 18.4 Å². The van der Waals surface area contributed by atoms with E-state index in [1.165, 1.54) is 46.7 Å². The average molecular weight is 968 g/mol. The molecule has 0 unspecified atom stereocenters. The number of amides is 2. The van der Waals surface area contributed by atoms with Crippen molar-refractivity contribution < 1.29 is 68.5 Å². The maximum absolute atomic E-state index is 15.6. The molecular weight excluding hydrogens is 922 g/mol. The molecule has 0 bridgehead atoms. The van der Waals surface area contributed by atoms with Crippen LogP contribution in [-0.4, -0.2) is 120 Å². The molecule has 1 aliphatic heterocycles. The van der Waals surface area contributed by atoms with Crippen LogP contribution in [0.4, 0.5) is 63.7 Å². The zero-order chi connectivity index (χ0) is 48.6. The van der Waals surface area contributed by atoms with Crippen LogP contribution in [0, 0.1) is 0 Å². The largest absolute Gasteiger partial charge is 0.470 e. The lowest BCUT2D eigenvalue weighted by molar-refractivity contribution is -0.578. The Morgan fingerprint density at radius 1 is 0.971 bits per heavy atom. The van der Waals surface area contributed by atoms with Crippen LogP contribution in [0.15, 0.2) is 36.7 Å². The van der Waals surface area contributed by atoms with Crippen molar-refractivity contribution in [2.75, 3.05) is 31.0 Å². The molecule has 1 saturated heterocycles. The van der Waals surface area contributed by atoms with Crippen LogP contribution in [0.5, 0.6) is 5.88 Å². The van der Waals surface area contributed by atoms with Crippen LogP contribution in [-0.2, 0) is 31.7 Å². The second-order valence-corrected chi connectivity index (χ2v) is 16.6. The van der Waals surface area contributed by atoms with Gasteiger partial charge < -0.3 is 45.0 Å². The summed E-state index contributed by atoms with van der Waals surface area (Å²) in [4.78, 5) is 37.6. The molecule has 2 amide bonds. The van der Waals surface area contributed by atoms with Gasteiger partial charge in [0.1, 0.15) is 35.5 Å². The fraction of sp³-hybridized carbons (Fsp3) is 0.500. The van der Waals surface area contributed by atoms with Gasteiger partial charge in [-0.1, -0.05) is 4.52 Å². The molecule has 6 atom stereocenters. The zero-order valence-corrected chi connectivity index (χ0v) is 36.8. The van der Waals surface area contributed by atoms with Gasteiger partial charge in [0.15, 0.2) is 30.5 Å². The summed E-state index contributed by atoms with van der Waals surface area (Å²) in [7, 11) is 1.41. The smallest absolute Gasteiger partial charge is 0.439 e. The molecule has 0 radical (unpaired) electrons. The van der Waals surface area contributed by atoms with Gasteiger partial charge in [0.2, 0.25) is 29.5 Å². The SMILES string of the molecule is COCc1cc2c(Nc3cc([C@H]4C[C@@H](F)[C@@H](OC(=O)NC(C)C)C4)nn3-c3cc4nc(OCC(F)F)cn4c(Nc4cc([C@H]5OC[C@@H](OC(=O)NC(C)C)[C@@H]5F)[nH]n4)n3)nc(C(F)(F)F)c[n+]2[nH]1. The van der Waals surface area contributed by atoms with Gasteiger partial charge in [0.05, 0.1) is 30.8 Å². The lowest BCUT2D eigenvalue weighted by Gasteiger charge is -2.16. The highest BCUT2D eigenvalue weighted by Crippen LogP contribution is 2.40. The van der Waals surface area contributed by atoms with E-state index in [1.54, 1.807) is 27.7 Å². The maximum Gasteiger partial charge on any atom is 0.439 e. The second kappa shape index (κ2) is 19.3. The number of carbonyl (C=O) groups is 2. The summed E-state index contributed by atoms with van der Waals surface area (Å²) in [5.41, 5.74) is -0.334. The number of aromatic amines is 2. The first-order valence-electron chi connectivity index (χ1n) is 21.2. The molecule has 0 spiro atoms. The molecule has 6 aromatic heterocycles. The number of aromatic nitrogens is 10. The van der Waals surface area contributed by atoms with Crippen molar-refractivity contribution in [3.8, 4) is 11.7 Å². The van der Waals surface area contributed by atoms with Crippen molar-refractivity contribution in [2.24, 2.45) is 0 Å². The third-order valence-electron chi connectivity index (χ3n) is 10.5. The van der Waals surface area contributed by atoms with Crippen LogP contribution in [0.2, 0.25) is 0 Å². The number of H-pyrrole nitrogens is 2. The summed E-state index contributed by atoms with van der Waals surface area (Å²) >= 11 is 0. The molecule has 6 N–H and O–H groups in total. The first kappa shape index (κ1) is 47.5. The number of fused-ring (bicyclic) bond motifs is 2. The first-order chi connectivity index (χ1) is 32.3. The lowest BCUT2D eigenvalue weighted by Crippen LogP contribution is -2.36. The van der Waals surface area contributed by atoms with Crippen LogP contribution < -0.4 is 30.5 Å². The monoisotopic (exact) mass is 967 g/mol. The van der Waals surface area contributed by atoms with E-state index in [1.807, 2.05) is 0 Å². The first-order valence-corrected chi connectivity index (χ1v) is 21.2. The molecule has 68 heavy (non-hydrogen) atoms. The van der Waals surface area contributed by atoms with E-state index in [-0.39, 0.29) is 95.8 Å². The van der Waals surface area contributed by atoms with Gasteiger partial charge in [-0.2, -0.15) is 43.1 Å². The van der Waals surface area contributed by atoms with Gasteiger partial charge in [-0.15, -0.1) is 0 Å². The van der Waals surface area contributed by atoms with Gasteiger partial charge in [-0.05, 0) is 40.5 Å². The number of rotatable bonds is 16. The summed E-state index contributed by atoms with van der Waals surface area (Å²) in [6, 6.07) is 5.18. The molecule has 2 aliphatic rings. The van der Waals surface area contributed by atoms with Crippen LogP contribution >= 0.6 is 0 Å². The second-order valence-electron chi connectivity index (χ2n) is 16.6. The van der Waals surface area contributed by atoms with E-state index in [0.29, 0.717) is 5.69 Å². The highest BCUT2D eigenvalue weighted by molar-refractivity contribution is 5.71. The quantitative estimate of drug-likeness (QED) is 0.0480. The minimum Gasteiger partial charge on any atom is -0.470 e. The fourth-order valence-corrected chi connectivity index (χ4v) is 7.63. The summed E-state index contributed by atoms with van der Waals surface area (Å²) in [5.74, 6) is -1.42. The highest BCUT2D eigenvalue weighted by Gasteiger charge is 2.43. The van der Waals surface area contributed by atoms with E-state index in [9.17, 15) is 31.5 Å². The lowest BCUT2D eigenvalue weighted by atomic mass is 10.0. The number of carbonyl (C=O) groups excluding carboxylic acids is 2. The number of alkyl carbamates (subject to hydrolysis) is 2. The number of hydrogen-bond acceptors (Lipinski definition) is 14. The van der Waals surface area contributed by atoms with Gasteiger partial charge in [0, 0.05) is 49.4 Å². The molecule has 8 rings (SSSR count). The molecular formula is C40H46F7N14O7+. The Bertz CT molecular complexity index is 2760. The third-order valence-corrected chi connectivity index (χ3v) is 10.5. The number of ether oxygens (including phenoxy) is 5. The van der Waals surface area contributed by atoms with Crippen molar-refractivity contribution in [3.05, 3.63) is 59.4 Å². The number of halogens is 7. The predicted molar refractivity (Wildman–Crippen MR) is 222 cm³/mol. The number of nitrogens with zero attached hydrogens (tertiary/aromatic N) is 8. The summed E-state index contributed by atoms with van der Waals surface area (Å²) in [6.07, 6.45) is -14.6. The van der Waals surface area contributed by atoms with Crippen LogP contribution in [0.1, 0.15) is 75.3 Å². The molecule has 1 saturated carbocycles. The topological polar surface area (TPSA) is 238 Å². The normalized spacial score (nSPS) is 20.8. The van der Waals surface area contributed by atoms with Crippen LogP contribution in [0.3, 0.4) is 0 Å². The zero-order valence-electron chi connectivity index (χ0n) is 36.8. The van der Waals surface area contributed by atoms with Crippen LogP contribution in [0.25, 0.3) is 17.0 Å². The number of methoxy groups -OCH3 is 1. The Morgan fingerprint density at radius 2 is 1.71 bits per heavy atom. The highest BCUT2D eigenvalue weighted by atomic mass is 19.4. The standard InChI is InChI=1S/C40H45F7N14O7/c1-17(2)48-38(62)67-25-7-19(6-21(25)41)22-10-31(53-36-24-8-20(14-64-5)57-60(24)12-27(50-36)40(45,46)47)61(58-22)32-11-30-52-33(65-16-28(42)43)13-59(30)37(54-32)51-29-9-23(55-56-29)35-34(44)26(15-66-35)68-39(63)49-18(3)4/h8-13,17-19,21,25-26,28,34-35H,6-7,14-16H2,1-5H3,(H5,48,49,50,51,52,53,54,55,56,57,58,62,63)/p+1/t19-,21+,25-,26+,34-,35+/m0/s1. The van der Waals surface area contributed by atoms with Crippen molar-refractivity contribution in [2.45, 2.75) is 108 Å². The Balaban J connectivity index is 1.19. The minimum atomic E-state index is -4.90. The number of imidazole rings is 1. The van der Waals surface area contributed by atoms with Gasteiger partial charge in [-0.3, -0.25) is 9.50 Å². The Labute approximate surface area is 380 Å². The molecule has 6 aromatic rings. The molecule has 7 heterocycles. The Hall–Kier alpha value is -6.97. The Kier molecular flexibility index (Phi) is 13.5. The van der Waals surface area contributed by atoms with E-state index >= 15 is 8.78 Å². The number of hydrogen-bond donors (Lipinski definition) is 6. The number of alkyl halides is 7. The predicted octanol–water partition coefficient (Wildman–Crippen LogP) is 6.03.